The van der Waals surface area contributed by atoms with Crippen LogP contribution in [0.25, 0.3) is 0 Å². The van der Waals surface area contributed by atoms with Crippen LogP contribution in [0.4, 0.5) is 0 Å². The van der Waals surface area contributed by atoms with E-state index in [1.165, 1.54) is 0 Å². The van der Waals surface area contributed by atoms with Crippen molar-refractivity contribution in [3.63, 3.8) is 0 Å². The van der Waals surface area contributed by atoms with Crippen molar-refractivity contribution >= 4 is 11.8 Å². The third-order valence-electron chi connectivity index (χ3n) is 3.15. The van der Waals surface area contributed by atoms with Crippen LogP contribution in [0.5, 0.6) is 0 Å². The third kappa shape index (κ3) is 3.58. The summed E-state index contributed by atoms with van der Waals surface area (Å²) in [4.78, 5) is 23.1. The van der Waals surface area contributed by atoms with E-state index >= 15 is 0 Å². The lowest BCUT2D eigenvalue weighted by molar-refractivity contribution is -0.130. The lowest BCUT2D eigenvalue weighted by Crippen LogP contribution is -2.55. The van der Waals surface area contributed by atoms with E-state index in [2.05, 4.69) is 5.32 Å². The van der Waals surface area contributed by atoms with Gasteiger partial charge in [0.2, 0.25) is 11.8 Å². The number of amides is 2. The second-order valence-electron chi connectivity index (χ2n) is 4.76. The van der Waals surface area contributed by atoms with E-state index in [1.54, 1.807) is 6.92 Å². The van der Waals surface area contributed by atoms with Gasteiger partial charge in [0.05, 0.1) is 6.42 Å². The number of aryl methyl sites for hydroxylation is 1. The fraction of sp³-hybridized carbons (Fsp3) is 0.429. The summed E-state index contributed by atoms with van der Waals surface area (Å²) in [6.45, 7) is 5.45. The van der Waals surface area contributed by atoms with Crippen LogP contribution >= 0.6 is 0 Å². The lowest BCUT2D eigenvalue weighted by atomic mass is 9.97. The van der Waals surface area contributed by atoms with Crippen molar-refractivity contribution in [2.75, 3.05) is 0 Å². The standard InChI is InChI=1S/C14H20N2O2/c1-4-14(3,13(15)18)16-12(17)9-11-7-5-10(2)6-8-11/h5-8H,4,9H2,1-3H3,(H2,15,18)(H,16,17). The molecule has 1 aromatic carbocycles. The topological polar surface area (TPSA) is 72.2 Å². The molecule has 1 atom stereocenters. The van der Waals surface area contributed by atoms with Crippen LogP contribution in [0.15, 0.2) is 24.3 Å². The molecule has 1 unspecified atom stereocenters. The van der Waals surface area contributed by atoms with Crippen molar-refractivity contribution in [3.05, 3.63) is 35.4 Å². The Labute approximate surface area is 108 Å². The summed E-state index contributed by atoms with van der Waals surface area (Å²) in [6, 6.07) is 7.72. The Morgan fingerprint density at radius 2 is 1.83 bits per heavy atom. The molecule has 0 spiro atoms. The SMILES string of the molecule is CCC(C)(NC(=O)Cc1ccc(C)cc1)C(N)=O. The Morgan fingerprint density at radius 3 is 2.28 bits per heavy atom. The summed E-state index contributed by atoms with van der Waals surface area (Å²) < 4.78 is 0. The minimum Gasteiger partial charge on any atom is -0.368 e. The number of hydrogen-bond donors (Lipinski definition) is 2. The Balaban J connectivity index is 2.66. The van der Waals surface area contributed by atoms with E-state index in [9.17, 15) is 9.59 Å². The highest BCUT2D eigenvalue weighted by molar-refractivity contribution is 5.90. The van der Waals surface area contributed by atoms with Gasteiger partial charge in [0, 0.05) is 0 Å². The van der Waals surface area contributed by atoms with E-state index in [4.69, 9.17) is 5.73 Å². The first-order valence-electron chi connectivity index (χ1n) is 6.04. The second kappa shape index (κ2) is 5.67. The number of hydrogen-bond acceptors (Lipinski definition) is 2. The number of benzene rings is 1. The van der Waals surface area contributed by atoms with Gasteiger partial charge in [-0.05, 0) is 25.8 Å². The summed E-state index contributed by atoms with van der Waals surface area (Å²) in [7, 11) is 0. The highest BCUT2D eigenvalue weighted by Gasteiger charge is 2.30. The van der Waals surface area contributed by atoms with Gasteiger partial charge < -0.3 is 11.1 Å². The normalized spacial score (nSPS) is 13.7. The maximum Gasteiger partial charge on any atom is 0.242 e. The van der Waals surface area contributed by atoms with Crippen LogP contribution < -0.4 is 11.1 Å². The molecule has 0 fully saturated rings. The molecule has 0 aliphatic heterocycles. The van der Waals surface area contributed by atoms with Crippen LogP contribution in [0.1, 0.15) is 31.4 Å². The quantitative estimate of drug-likeness (QED) is 0.824. The van der Waals surface area contributed by atoms with Gasteiger partial charge in [0.1, 0.15) is 5.54 Å². The van der Waals surface area contributed by atoms with Crippen molar-refractivity contribution in [1.29, 1.82) is 0 Å². The van der Waals surface area contributed by atoms with Gasteiger partial charge in [-0.2, -0.15) is 0 Å². The Kier molecular flexibility index (Phi) is 4.48. The van der Waals surface area contributed by atoms with Gasteiger partial charge >= 0.3 is 0 Å². The third-order valence-corrected chi connectivity index (χ3v) is 3.15. The highest BCUT2D eigenvalue weighted by Crippen LogP contribution is 2.09. The molecule has 0 bridgehead atoms. The molecule has 18 heavy (non-hydrogen) atoms. The summed E-state index contributed by atoms with van der Waals surface area (Å²) in [5.41, 5.74) is 6.38. The fourth-order valence-electron chi connectivity index (χ4n) is 1.57. The van der Waals surface area contributed by atoms with Gasteiger partial charge in [-0.25, -0.2) is 0 Å². The molecule has 0 radical (unpaired) electrons. The molecule has 3 N–H and O–H groups in total. The summed E-state index contributed by atoms with van der Waals surface area (Å²) in [5, 5.41) is 2.69. The average molecular weight is 248 g/mol. The zero-order valence-electron chi connectivity index (χ0n) is 11.1. The largest absolute Gasteiger partial charge is 0.368 e. The molecule has 0 saturated heterocycles. The number of nitrogens with one attached hydrogen (secondary N) is 1. The number of carbonyl (C=O) groups excluding carboxylic acids is 2. The molecule has 2 amide bonds. The molecule has 1 aromatic rings. The van der Waals surface area contributed by atoms with Crippen LogP contribution in [-0.4, -0.2) is 17.4 Å². The Hall–Kier alpha value is -1.84. The maximum absolute atomic E-state index is 11.9. The minimum atomic E-state index is -0.970. The number of rotatable bonds is 5. The Morgan fingerprint density at radius 1 is 1.28 bits per heavy atom. The molecule has 0 aliphatic carbocycles. The van der Waals surface area contributed by atoms with Crippen molar-refractivity contribution in [2.24, 2.45) is 5.73 Å². The predicted octanol–water partition coefficient (Wildman–Crippen LogP) is 1.31. The first-order chi connectivity index (χ1) is 8.37. The molecule has 98 valence electrons. The van der Waals surface area contributed by atoms with E-state index in [1.807, 2.05) is 38.1 Å². The van der Waals surface area contributed by atoms with Crippen LogP contribution in [-0.2, 0) is 16.0 Å². The zero-order chi connectivity index (χ0) is 13.8. The number of primary amides is 1. The summed E-state index contributed by atoms with van der Waals surface area (Å²) in [6.07, 6.45) is 0.727. The molecule has 0 heterocycles. The molecular weight excluding hydrogens is 228 g/mol. The maximum atomic E-state index is 11.9. The number of nitrogens with two attached hydrogens (primary N) is 1. The molecule has 4 nitrogen and oxygen atoms in total. The van der Waals surface area contributed by atoms with Gasteiger partial charge in [-0.15, -0.1) is 0 Å². The average Bonchev–Trinajstić information content (AvgIpc) is 2.31. The van der Waals surface area contributed by atoms with Crippen molar-refractivity contribution in [3.8, 4) is 0 Å². The first kappa shape index (κ1) is 14.2. The monoisotopic (exact) mass is 248 g/mol. The first-order valence-corrected chi connectivity index (χ1v) is 6.04. The molecular formula is C14H20N2O2. The van der Waals surface area contributed by atoms with Crippen LogP contribution in [0.3, 0.4) is 0 Å². The second-order valence-corrected chi connectivity index (χ2v) is 4.76. The van der Waals surface area contributed by atoms with Crippen molar-refractivity contribution in [1.82, 2.24) is 5.32 Å². The molecule has 0 aliphatic rings. The summed E-state index contributed by atoms with van der Waals surface area (Å²) in [5.74, 6) is -0.704. The summed E-state index contributed by atoms with van der Waals surface area (Å²) >= 11 is 0. The van der Waals surface area contributed by atoms with Crippen LogP contribution in [0.2, 0.25) is 0 Å². The van der Waals surface area contributed by atoms with Gasteiger partial charge in [-0.1, -0.05) is 36.8 Å². The predicted molar refractivity (Wildman–Crippen MR) is 70.9 cm³/mol. The fourth-order valence-corrected chi connectivity index (χ4v) is 1.57. The zero-order valence-corrected chi connectivity index (χ0v) is 11.1. The molecule has 0 aromatic heterocycles. The molecule has 1 rings (SSSR count). The van der Waals surface area contributed by atoms with Crippen molar-refractivity contribution < 1.29 is 9.59 Å². The van der Waals surface area contributed by atoms with E-state index in [-0.39, 0.29) is 12.3 Å². The van der Waals surface area contributed by atoms with Gasteiger partial charge in [0.15, 0.2) is 0 Å². The van der Waals surface area contributed by atoms with Crippen LogP contribution in [0, 0.1) is 6.92 Å². The van der Waals surface area contributed by atoms with Gasteiger partial charge in [-0.3, -0.25) is 9.59 Å². The van der Waals surface area contributed by atoms with Gasteiger partial charge in [0.25, 0.3) is 0 Å². The lowest BCUT2D eigenvalue weighted by Gasteiger charge is -2.25. The molecule has 4 heteroatoms. The van der Waals surface area contributed by atoms with E-state index in [0.717, 1.165) is 11.1 Å². The molecule has 0 saturated carbocycles. The number of carbonyl (C=O) groups is 2. The highest BCUT2D eigenvalue weighted by atomic mass is 16.2. The van der Waals surface area contributed by atoms with E-state index < -0.39 is 11.4 Å². The Bertz CT molecular complexity index is 440. The minimum absolute atomic E-state index is 0.193. The van der Waals surface area contributed by atoms with Crippen molar-refractivity contribution in [2.45, 2.75) is 39.2 Å². The smallest absolute Gasteiger partial charge is 0.242 e. The van der Waals surface area contributed by atoms with E-state index in [0.29, 0.717) is 6.42 Å².